The van der Waals surface area contributed by atoms with Gasteiger partial charge in [0, 0.05) is 58.0 Å². The fourth-order valence-corrected chi connectivity index (χ4v) is 10.6. The van der Waals surface area contributed by atoms with E-state index in [-0.39, 0.29) is 53.3 Å². The molecule has 0 spiro atoms. The van der Waals surface area contributed by atoms with Crippen LogP contribution in [-0.4, -0.2) is 119 Å². The van der Waals surface area contributed by atoms with Crippen molar-refractivity contribution in [3.05, 3.63) is 70.2 Å². The maximum atomic E-state index is 14.3. The molecule has 17 nitrogen and oxygen atoms in total. The van der Waals surface area contributed by atoms with E-state index in [1.807, 2.05) is 18.2 Å². The molecule has 1 aliphatic carbocycles. The number of amides is 3. The van der Waals surface area contributed by atoms with Crippen LogP contribution in [0.15, 0.2) is 47.7 Å². The standard InChI is InChI=1S/C45H57F4N13O4/c1-56(16-12-27-13-17-58(18-14-27)23-29-4-3-5-34-39(29)57(2)44(66)62(34)35-10-11-37(63)54-43(35)65)22-28-6-8-31(9-7-28)61-25-33(38(55-61)40(46)47)52-42(64)32-21-51-60-19-15-36(53-41(32)60)59-24-30(50)20-45(48,49)26-59/h3-5,15,19,21,25,27-28,30-31,35,40H,6-14,16-18,20,22-24,26,50H2,1-2H3,(H,52,64)(H,54,63,65)/t28?,30-,31?,35?/m1/s1. The van der Waals surface area contributed by atoms with Crippen LogP contribution >= 0.6 is 0 Å². The number of likely N-dealkylation sites (tertiary alicyclic amines) is 1. The summed E-state index contributed by atoms with van der Waals surface area (Å²) < 4.78 is 63.3. The summed E-state index contributed by atoms with van der Waals surface area (Å²) in [5.41, 5.74) is 7.62. The molecule has 4 aromatic heterocycles. The van der Waals surface area contributed by atoms with Gasteiger partial charge < -0.3 is 20.9 Å². The van der Waals surface area contributed by atoms with Gasteiger partial charge in [-0.1, -0.05) is 12.1 Å². The van der Waals surface area contributed by atoms with Crippen LogP contribution in [0, 0.1) is 11.8 Å². The molecule has 1 aromatic carbocycles. The van der Waals surface area contributed by atoms with Crippen molar-refractivity contribution in [1.29, 1.82) is 0 Å². The van der Waals surface area contributed by atoms with Gasteiger partial charge in [-0.25, -0.2) is 31.9 Å². The van der Waals surface area contributed by atoms with Gasteiger partial charge in [0.25, 0.3) is 18.3 Å². The molecule has 1 saturated carbocycles. The Balaban J connectivity index is 0.743. The van der Waals surface area contributed by atoms with Crippen molar-refractivity contribution < 1.29 is 31.9 Å². The summed E-state index contributed by atoms with van der Waals surface area (Å²) in [5, 5.41) is 13.4. The number of imidazole rings is 1. The molecule has 4 N–H and O–H groups in total. The van der Waals surface area contributed by atoms with Crippen molar-refractivity contribution >= 4 is 45.9 Å². The van der Waals surface area contributed by atoms with Crippen LogP contribution in [0.25, 0.3) is 16.7 Å². The Labute approximate surface area is 378 Å². The smallest absolute Gasteiger partial charge is 0.329 e. The number of para-hydroxylation sites is 1. The fraction of sp³-hybridized carbons (Fsp3) is 0.578. The molecular formula is C45H57F4N13O4. The van der Waals surface area contributed by atoms with Gasteiger partial charge in [0.2, 0.25) is 11.8 Å². The largest absolute Gasteiger partial charge is 0.349 e. The number of alkyl halides is 4. The highest BCUT2D eigenvalue weighted by Crippen LogP contribution is 2.36. The minimum absolute atomic E-state index is 0.00512. The monoisotopic (exact) mass is 919 g/mol. The lowest BCUT2D eigenvalue weighted by molar-refractivity contribution is -0.135. The number of rotatable bonds is 13. The van der Waals surface area contributed by atoms with E-state index in [2.05, 4.69) is 42.7 Å². The molecule has 0 bridgehead atoms. The second-order valence-electron chi connectivity index (χ2n) is 18.9. The predicted octanol–water partition coefficient (Wildman–Crippen LogP) is 4.88. The van der Waals surface area contributed by atoms with E-state index in [0.717, 1.165) is 82.2 Å². The van der Waals surface area contributed by atoms with Crippen LogP contribution in [0.3, 0.4) is 0 Å². The predicted molar refractivity (Wildman–Crippen MR) is 238 cm³/mol. The second kappa shape index (κ2) is 18.5. The van der Waals surface area contributed by atoms with Crippen LogP contribution < -0.4 is 27.0 Å². The van der Waals surface area contributed by atoms with Gasteiger partial charge in [-0.2, -0.15) is 10.2 Å². The summed E-state index contributed by atoms with van der Waals surface area (Å²) in [5.74, 6) is -3.22. The number of nitrogens with two attached hydrogens (primary N) is 1. The van der Waals surface area contributed by atoms with Crippen LogP contribution in [0.2, 0.25) is 0 Å². The van der Waals surface area contributed by atoms with E-state index in [4.69, 9.17) is 5.73 Å². The van der Waals surface area contributed by atoms with Crippen molar-refractivity contribution in [3.63, 3.8) is 0 Å². The molecule has 354 valence electrons. The second-order valence-corrected chi connectivity index (χ2v) is 18.9. The first-order chi connectivity index (χ1) is 31.6. The van der Waals surface area contributed by atoms with Crippen molar-refractivity contribution in [2.45, 2.75) is 101 Å². The quantitative estimate of drug-likeness (QED) is 0.108. The lowest BCUT2D eigenvalue weighted by Gasteiger charge is -2.36. The number of carbonyl (C=O) groups is 3. The SMILES string of the molecule is CN(CCC1CCN(Cc2cccc3c2n(C)c(=O)n3C2CCC(=O)NC2=O)CC1)CC1CCC(n2cc(NC(=O)c3cnn4ccc(N5C[C@H](N)CC(F)(F)C5)nc34)c(C(F)F)n2)CC1. The first kappa shape index (κ1) is 45.5. The fourth-order valence-electron chi connectivity index (χ4n) is 10.6. The molecule has 3 aliphatic heterocycles. The van der Waals surface area contributed by atoms with Gasteiger partial charge in [0.1, 0.15) is 17.4 Å². The van der Waals surface area contributed by atoms with E-state index >= 15 is 0 Å². The van der Waals surface area contributed by atoms with Crippen molar-refractivity contribution in [3.8, 4) is 0 Å². The number of anilines is 2. The number of aromatic nitrogens is 7. The van der Waals surface area contributed by atoms with E-state index in [1.54, 1.807) is 16.3 Å². The number of halogens is 4. The summed E-state index contributed by atoms with van der Waals surface area (Å²) in [4.78, 5) is 62.0. The average Bonchev–Trinajstić information content (AvgIpc) is 3.97. The number of hydrogen-bond acceptors (Lipinski definition) is 11. The van der Waals surface area contributed by atoms with Crippen molar-refractivity contribution in [1.82, 2.24) is 48.6 Å². The zero-order chi connectivity index (χ0) is 46.4. The van der Waals surface area contributed by atoms with Gasteiger partial charge in [-0.05, 0) is 108 Å². The molecule has 3 saturated heterocycles. The Morgan fingerprint density at radius 2 is 1.82 bits per heavy atom. The number of fused-ring (bicyclic) bond motifs is 2. The van der Waals surface area contributed by atoms with Gasteiger partial charge in [-0.15, -0.1) is 0 Å². The molecule has 5 aromatic rings. The van der Waals surface area contributed by atoms with E-state index < -0.39 is 54.9 Å². The van der Waals surface area contributed by atoms with E-state index in [1.165, 1.54) is 38.6 Å². The molecule has 2 atom stereocenters. The molecule has 7 heterocycles. The normalized spacial score (nSPS) is 23.4. The van der Waals surface area contributed by atoms with Gasteiger partial charge in [0.05, 0.1) is 35.5 Å². The number of benzene rings is 1. The van der Waals surface area contributed by atoms with Crippen LogP contribution in [0.5, 0.6) is 0 Å². The van der Waals surface area contributed by atoms with Crippen LogP contribution in [0.4, 0.5) is 29.1 Å². The minimum Gasteiger partial charge on any atom is -0.349 e. The maximum Gasteiger partial charge on any atom is 0.329 e. The first-order valence-electron chi connectivity index (χ1n) is 23.0. The zero-order valence-electron chi connectivity index (χ0n) is 37.2. The lowest BCUT2D eigenvalue weighted by Crippen LogP contribution is -2.52. The maximum absolute atomic E-state index is 14.3. The summed E-state index contributed by atoms with van der Waals surface area (Å²) in [6.07, 6.45) is 7.95. The number of nitrogens with one attached hydrogen (secondary N) is 2. The number of nitrogens with zero attached hydrogens (tertiary/aromatic N) is 10. The third-order valence-electron chi connectivity index (χ3n) is 14.1. The zero-order valence-corrected chi connectivity index (χ0v) is 37.2. The van der Waals surface area contributed by atoms with Gasteiger partial charge >= 0.3 is 5.69 Å². The number of carbonyl (C=O) groups excluding carboxylic acids is 3. The number of piperidine rings is 3. The Bertz CT molecular complexity index is 2660. The number of hydrogen-bond donors (Lipinski definition) is 3. The summed E-state index contributed by atoms with van der Waals surface area (Å²) in [6.45, 7) is 4.10. The number of aryl methyl sites for hydroxylation is 1. The summed E-state index contributed by atoms with van der Waals surface area (Å²) in [7, 11) is 3.90. The van der Waals surface area contributed by atoms with Crippen LogP contribution in [0.1, 0.15) is 104 Å². The molecule has 4 fully saturated rings. The van der Waals surface area contributed by atoms with Crippen LogP contribution in [-0.2, 0) is 23.2 Å². The molecule has 66 heavy (non-hydrogen) atoms. The number of imide groups is 1. The Kier molecular flexibility index (Phi) is 12.8. The summed E-state index contributed by atoms with van der Waals surface area (Å²) >= 11 is 0. The highest BCUT2D eigenvalue weighted by molar-refractivity contribution is 6.08. The van der Waals surface area contributed by atoms with Gasteiger partial charge in [0.15, 0.2) is 11.3 Å². The van der Waals surface area contributed by atoms with Gasteiger partial charge in [-0.3, -0.25) is 38.4 Å². The molecule has 9 rings (SSSR count). The lowest BCUT2D eigenvalue weighted by atomic mass is 9.85. The Hall–Kier alpha value is -5.67. The molecule has 1 unspecified atom stereocenters. The first-order valence-corrected chi connectivity index (χ1v) is 23.0. The molecule has 21 heteroatoms. The van der Waals surface area contributed by atoms with Crippen molar-refractivity contribution in [2.75, 3.05) is 56.5 Å². The minimum atomic E-state index is -3.00. The van der Waals surface area contributed by atoms with E-state index in [9.17, 15) is 36.7 Å². The highest BCUT2D eigenvalue weighted by Gasteiger charge is 2.40. The highest BCUT2D eigenvalue weighted by atomic mass is 19.3. The molecule has 4 aliphatic rings. The Morgan fingerprint density at radius 3 is 2.55 bits per heavy atom. The summed E-state index contributed by atoms with van der Waals surface area (Å²) in [6, 6.07) is 5.78. The molecular weight excluding hydrogens is 863 g/mol. The van der Waals surface area contributed by atoms with E-state index in [0.29, 0.717) is 30.3 Å². The van der Waals surface area contributed by atoms with Crippen molar-refractivity contribution in [2.24, 2.45) is 24.6 Å². The average molecular weight is 920 g/mol. The third-order valence-corrected chi connectivity index (χ3v) is 14.1. The molecule has 3 amide bonds. The molecule has 0 radical (unpaired) electrons. The topological polar surface area (TPSA) is 186 Å². The Morgan fingerprint density at radius 1 is 1.05 bits per heavy atom. The third kappa shape index (κ3) is 9.46.